The molecule has 1 aromatic rings. The van der Waals surface area contributed by atoms with Crippen molar-refractivity contribution >= 4 is 18.1 Å². The van der Waals surface area contributed by atoms with E-state index in [1.54, 1.807) is 6.92 Å². The second kappa shape index (κ2) is 3.92. The smallest absolute Gasteiger partial charge is 0.272 e. The van der Waals surface area contributed by atoms with Gasteiger partial charge in [0.1, 0.15) is 5.75 Å². The van der Waals surface area contributed by atoms with Crippen LogP contribution in [0.15, 0.2) is 18.2 Å². The molecule has 1 rings (SSSR count). The van der Waals surface area contributed by atoms with Gasteiger partial charge in [0.2, 0.25) is 0 Å². The molecule has 0 aliphatic carbocycles. The molecular formula is C7H8ClNO3. The van der Waals surface area contributed by atoms with Crippen molar-refractivity contribution in [3.05, 3.63) is 33.9 Å². The summed E-state index contributed by atoms with van der Waals surface area (Å²) in [4.78, 5) is 9.78. The van der Waals surface area contributed by atoms with Crippen molar-refractivity contribution in [1.29, 1.82) is 0 Å². The maximum Gasteiger partial charge on any atom is 0.272 e. The van der Waals surface area contributed by atoms with Gasteiger partial charge in [-0.25, -0.2) is 0 Å². The molecule has 0 spiro atoms. The summed E-state index contributed by atoms with van der Waals surface area (Å²) in [7, 11) is 0. The minimum absolute atomic E-state index is 0. The molecule has 0 fully saturated rings. The number of nitro benzene ring substituents is 1. The number of aromatic hydroxyl groups is 1. The summed E-state index contributed by atoms with van der Waals surface area (Å²) in [5.74, 6) is 0.0492. The largest absolute Gasteiger partial charge is 0.508 e. The molecule has 0 amide bonds. The summed E-state index contributed by atoms with van der Waals surface area (Å²) in [6.07, 6.45) is 0. The number of benzene rings is 1. The van der Waals surface area contributed by atoms with Crippen LogP contribution in [0.4, 0.5) is 5.69 Å². The van der Waals surface area contributed by atoms with Gasteiger partial charge in [0.25, 0.3) is 5.69 Å². The standard InChI is InChI=1S/C7H7NO3.ClH/c1-5-4-6(9)2-3-7(5)8(10)11;/h2-4,9H,1H3;1H. The van der Waals surface area contributed by atoms with Crippen LogP contribution in [0.3, 0.4) is 0 Å². The molecule has 4 nitrogen and oxygen atoms in total. The van der Waals surface area contributed by atoms with E-state index in [4.69, 9.17) is 5.11 Å². The van der Waals surface area contributed by atoms with Crippen molar-refractivity contribution in [3.63, 3.8) is 0 Å². The normalized spacial score (nSPS) is 8.75. The van der Waals surface area contributed by atoms with Gasteiger partial charge < -0.3 is 5.11 Å². The molecule has 66 valence electrons. The number of aryl methyl sites for hydroxylation is 1. The predicted octanol–water partition coefficient (Wildman–Crippen LogP) is 2.03. The number of hydrogen-bond acceptors (Lipinski definition) is 3. The lowest BCUT2D eigenvalue weighted by atomic mass is 10.2. The number of rotatable bonds is 1. The maximum absolute atomic E-state index is 10.3. The summed E-state index contributed by atoms with van der Waals surface area (Å²) in [5, 5.41) is 19.2. The fourth-order valence-electron chi connectivity index (χ4n) is 0.844. The minimum atomic E-state index is -0.477. The van der Waals surface area contributed by atoms with Crippen molar-refractivity contribution in [2.75, 3.05) is 0 Å². The molecule has 12 heavy (non-hydrogen) atoms. The van der Waals surface area contributed by atoms with E-state index in [-0.39, 0.29) is 23.8 Å². The molecule has 0 aliphatic rings. The zero-order valence-corrected chi connectivity index (χ0v) is 7.17. The third kappa shape index (κ3) is 2.10. The highest BCUT2D eigenvalue weighted by Crippen LogP contribution is 2.21. The molecule has 0 heterocycles. The van der Waals surface area contributed by atoms with Gasteiger partial charge in [-0.1, -0.05) is 0 Å². The first-order chi connectivity index (χ1) is 5.11. The zero-order valence-electron chi connectivity index (χ0n) is 6.35. The van der Waals surface area contributed by atoms with E-state index in [1.165, 1.54) is 18.2 Å². The van der Waals surface area contributed by atoms with Crippen molar-refractivity contribution in [2.45, 2.75) is 6.92 Å². The number of halogens is 1. The second-order valence-corrected chi connectivity index (χ2v) is 2.23. The van der Waals surface area contributed by atoms with Crippen LogP contribution in [0.25, 0.3) is 0 Å². The maximum atomic E-state index is 10.3. The summed E-state index contributed by atoms with van der Waals surface area (Å²) in [6.45, 7) is 1.58. The second-order valence-electron chi connectivity index (χ2n) is 2.23. The zero-order chi connectivity index (χ0) is 8.43. The molecule has 0 saturated heterocycles. The Morgan fingerprint density at radius 3 is 2.50 bits per heavy atom. The van der Waals surface area contributed by atoms with E-state index in [0.29, 0.717) is 5.56 Å². The number of nitrogens with zero attached hydrogens (tertiary/aromatic N) is 1. The first kappa shape index (κ1) is 10.7. The molecule has 0 aliphatic heterocycles. The third-order valence-electron chi connectivity index (χ3n) is 1.38. The lowest BCUT2D eigenvalue weighted by Gasteiger charge is -1.95. The fraction of sp³-hybridized carbons (Fsp3) is 0.143. The highest BCUT2D eigenvalue weighted by atomic mass is 35.5. The molecule has 1 aromatic carbocycles. The quantitative estimate of drug-likeness (QED) is 0.543. The summed E-state index contributed by atoms with van der Waals surface area (Å²) in [6, 6.07) is 3.94. The molecule has 0 unspecified atom stereocenters. The average Bonchev–Trinajstić information content (AvgIpc) is 1.85. The Bertz CT molecular complexity index is 301. The van der Waals surface area contributed by atoms with E-state index in [2.05, 4.69) is 0 Å². The van der Waals surface area contributed by atoms with Gasteiger partial charge in [0.15, 0.2) is 0 Å². The molecule has 1 N–H and O–H groups in total. The van der Waals surface area contributed by atoms with Gasteiger partial charge in [-0.2, -0.15) is 0 Å². The number of phenolic OH excluding ortho intramolecular Hbond substituents is 1. The average molecular weight is 190 g/mol. The number of nitro groups is 1. The van der Waals surface area contributed by atoms with Crippen LogP contribution in [-0.4, -0.2) is 10.0 Å². The minimum Gasteiger partial charge on any atom is -0.508 e. The summed E-state index contributed by atoms with van der Waals surface area (Å²) in [5.41, 5.74) is 0.498. The van der Waals surface area contributed by atoms with Crippen LogP contribution >= 0.6 is 12.4 Å². The predicted molar refractivity (Wildman–Crippen MR) is 46.7 cm³/mol. The van der Waals surface area contributed by atoms with Crippen LogP contribution in [-0.2, 0) is 0 Å². The van der Waals surface area contributed by atoms with Crippen molar-refractivity contribution in [3.8, 4) is 5.75 Å². The van der Waals surface area contributed by atoms with Gasteiger partial charge in [0, 0.05) is 11.6 Å². The summed E-state index contributed by atoms with van der Waals surface area (Å²) >= 11 is 0. The molecule has 0 atom stereocenters. The van der Waals surface area contributed by atoms with Gasteiger partial charge in [0.05, 0.1) is 4.92 Å². The van der Waals surface area contributed by atoms with Crippen LogP contribution in [0, 0.1) is 17.0 Å². The SMILES string of the molecule is Cc1cc(O)ccc1[N+](=O)[O-].Cl. The molecule has 0 bridgehead atoms. The van der Waals surface area contributed by atoms with Gasteiger partial charge in [-0.15, -0.1) is 12.4 Å². The lowest BCUT2D eigenvalue weighted by Crippen LogP contribution is -1.90. The Hall–Kier alpha value is -1.29. The van der Waals surface area contributed by atoms with Crippen molar-refractivity contribution in [1.82, 2.24) is 0 Å². The summed E-state index contributed by atoms with van der Waals surface area (Å²) < 4.78 is 0. The van der Waals surface area contributed by atoms with E-state index >= 15 is 0 Å². The van der Waals surface area contributed by atoms with Crippen LogP contribution in [0.2, 0.25) is 0 Å². The van der Waals surface area contributed by atoms with Gasteiger partial charge >= 0.3 is 0 Å². The first-order valence-electron chi connectivity index (χ1n) is 3.05. The highest BCUT2D eigenvalue weighted by Gasteiger charge is 2.08. The monoisotopic (exact) mass is 189 g/mol. The number of phenols is 1. The lowest BCUT2D eigenvalue weighted by molar-refractivity contribution is -0.385. The molecule has 0 aromatic heterocycles. The van der Waals surface area contributed by atoms with E-state index in [0.717, 1.165) is 0 Å². The molecular weight excluding hydrogens is 182 g/mol. The third-order valence-corrected chi connectivity index (χ3v) is 1.38. The molecule has 0 radical (unpaired) electrons. The van der Waals surface area contributed by atoms with E-state index < -0.39 is 4.92 Å². The fourth-order valence-corrected chi connectivity index (χ4v) is 0.844. The van der Waals surface area contributed by atoms with E-state index in [9.17, 15) is 10.1 Å². The van der Waals surface area contributed by atoms with E-state index in [1.807, 2.05) is 0 Å². The van der Waals surface area contributed by atoms with Crippen LogP contribution in [0.1, 0.15) is 5.56 Å². The molecule has 5 heteroatoms. The van der Waals surface area contributed by atoms with Crippen LogP contribution < -0.4 is 0 Å². The Kier molecular flexibility index (Phi) is 3.50. The topological polar surface area (TPSA) is 63.4 Å². The Labute approximate surface area is 75.4 Å². The van der Waals surface area contributed by atoms with Crippen molar-refractivity contribution in [2.24, 2.45) is 0 Å². The molecule has 0 saturated carbocycles. The Morgan fingerprint density at radius 2 is 2.08 bits per heavy atom. The highest BCUT2D eigenvalue weighted by molar-refractivity contribution is 5.85. The van der Waals surface area contributed by atoms with Gasteiger partial charge in [-0.3, -0.25) is 10.1 Å². The first-order valence-corrected chi connectivity index (χ1v) is 3.05. The Balaban J connectivity index is 0.00000121. The van der Waals surface area contributed by atoms with Gasteiger partial charge in [-0.05, 0) is 19.1 Å². The Morgan fingerprint density at radius 1 is 1.50 bits per heavy atom. The van der Waals surface area contributed by atoms with Crippen LogP contribution in [0.5, 0.6) is 5.75 Å². The number of hydrogen-bond donors (Lipinski definition) is 1. The van der Waals surface area contributed by atoms with Crippen molar-refractivity contribution < 1.29 is 10.0 Å².